The maximum absolute atomic E-state index is 13.1. The zero-order valence-corrected chi connectivity index (χ0v) is 11.4. The molecule has 1 aromatic heterocycles. The number of hydrogen-bond acceptors (Lipinski definition) is 3. The number of nitrogens with two attached hydrogens (primary N) is 1. The zero-order chi connectivity index (χ0) is 13.2. The number of nitrogen functional groups attached to an aromatic ring is 1. The van der Waals surface area contributed by atoms with Gasteiger partial charge in [0.2, 0.25) is 0 Å². The lowest BCUT2D eigenvalue weighted by atomic mass is 9.48. The highest BCUT2D eigenvalue weighted by Crippen LogP contribution is 2.61. The van der Waals surface area contributed by atoms with E-state index in [1.807, 2.05) is 7.05 Å². The molecule has 4 saturated carbocycles. The lowest BCUT2D eigenvalue weighted by molar-refractivity contribution is -0.0357. The number of ketones is 1. The largest absolute Gasteiger partial charge is 0.396 e. The second kappa shape index (κ2) is 3.62. The van der Waals surface area contributed by atoms with Crippen LogP contribution in [0.3, 0.4) is 0 Å². The fourth-order valence-corrected chi connectivity index (χ4v) is 5.37. The van der Waals surface area contributed by atoms with Gasteiger partial charge < -0.3 is 5.73 Å². The number of hydrogen-bond donors (Lipinski definition) is 1. The van der Waals surface area contributed by atoms with Gasteiger partial charge in [0.05, 0.1) is 11.9 Å². The van der Waals surface area contributed by atoms with Crippen molar-refractivity contribution < 1.29 is 4.79 Å². The number of rotatable bonds is 2. The van der Waals surface area contributed by atoms with Gasteiger partial charge in [-0.3, -0.25) is 9.48 Å². The van der Waals surface area contributed by atoms with Gasteiger partial charge >= 0.3 is 0 Å². The van der Waals surface area contributed by atoms with Crippen molar-refractivity contribution in [2.24, 2.45) is 30.2 Å². The van der Waals surface area contributed by atoms with Crippen LogP contribution in [0.2, 0.25) is 0 Å². The molecule has 1 heterocycles. The molecule has 5 rings (SSSR count). The van der Waals surface area contributed by atoms with E-state index in [9.17, 15) is 4.79 Å². The summed E-state index contributed by atoms with van der Waals surface area (Å²) in [4.78, 5) is 13.1. The molecule has 19 heavy (non-hydrogen) atoms. The summed E-state index contributed by atoms with van der Waals surface area (Å²) in [6.45, 7) is 0. The standard InChI is InChI=1S/C15H21N3O/c1-18-13(12(16)8-17-18)14(19)15-5-9-2-10(6-15)4-11(3-9)7-15/h8-11H,2-7,16H2,1H3. The van der Waals surface area contributed by atoms with Gasteiger partial charge in [-0.05, 0) is 56.3 Å². The molecule has 0 aromatic carbocycles. The maximum Gasteiger partial charge on any atom is 0.189 e. The van der Waals surface area contributed by atoms with Crippen LogP contribution < -0.4 is 5.73 Å². The molecule has 4 aliphatic rings. The molecule has 4 heteroatoms. The van der Waals surface area contributed by atoms with E-state index in [0.717, 1.165) is 37.0 Å². The fourth-order valence-electron chi connectivity index (χ4n) is 5.37. The summed E-state index contributed by atoms with van der Waals surface area (Å²) >= 11 is 0. The average Bonchev–Trinajstić information content (AvgIpc) is 2.66. The van der Waals surface area contributed by atoms with Crippen LogP contribution in [-0.4, -0.2) is 15.6 Å². The predicted molar refractivity (Wildman–Crippen MR) is 72.6 cm³/mol. The van der Waals surface area contributed by atoms with Gasteiger partial charge in [-0.25, -0.2) is 0 Å². The number of aryl methyl sites for hydroxylation is 1. The first-order chi connectivity index (χ1) is 9.07. The monoisotopic (exact) mass is 259 g/mol. The Bertz CT molecular complexity index is 491. The molecule has 0 atom stereocenters. The molecule has 2 N–H and O–H groups in total. The molecule has 4 bridgehead atoms. The molecule has 0 amide bonds. The zero-order valence-electron chi connectivity index (χ0n) is 11.4. The van der Waals surface area contributed by atoms with Gasteiger partial charge in [0.25, 0.3) is 0 Å². The summed E-state index contributed by atoms with van der Waals surface area (Å²) in [6.07, 6.45) is 8.93. The highest BCUT2D eigenvalue weighted by Gasteiger charge is 2.55. The summed E-state index contributed by atoms with van der Waals surface area (Å²) in [5.41, 5.74) is 7.03. The van der Waals surface area contributed by atoms with Crippen LogP contribution in [0, 0.1) is 23.2 Å². The van der Waals surface area contributed by atoms with Gasteiger partial charge in [0.15, 0.2) is 5.78 Å². The molecule has 0 saturated heterocycles. The topological polar surface area (TPSA) is 60.9 Å². The number of nitrogens with zero attached hydrogens (tertiary/aromatic N) is 2. The Hall–Kier alpha value is -1.32. The fraction of sp³-hybridized carbons (Fsp3) is 0.733. The molecule has 102 valence electrons. The average molecular weight is 259 g/mol. The molecule has 4 fully saturated rings. The van der Waals surface area contributed by atoms with E-state index in [2.05, 4.69) is 5.10 Å². The van der Waals surface area contributed by atoms with E-state index in [1.54, 1.807) is 10.9 Å². The van der Waals surface area contributed by atoms with E-state index in [0.29, 0.717) is 11.4 Å². The van der Waals surface area contributed by atoms with Crippen LogP contribution in [0.1, 0.15) is 49.0 Å². The number of aromatic nitrogens is 2. The van der Waals surface area contributed by atoms with Crippen LogP contribution in [-0.2, 0) is 7.05 Å². The van der Waals surface area contributed by atoms with E-state index in [4.69, 9.17) is 5.73 Å². The van der Waals surface area contributed by atoms with Gasteiger partial charge in [-0.2, -0.15) is 5.10 Å². The minimum atomic E-state index is -0.114. The molecule has 4 aliphatic carbocycles. The van der Waals surface area contributed by atoms with Crippen molar-refractivity contribution in [2.45, 2.75) is 38.5 Å². The number of Topliss-reactive ketones (excluding diaryl/α,β-unsaturated/α-hetero) is 1. The van der Waals surface area contributed by atoms with Crippen LogP contribution in [0.15, 0.2) is 6.20 Å². The number of carbonyl (C=O) groups is 1. The second-order valence-electron chi connectivity index (χ2n) is 7.10. The minimum absolute atomic E-state index is 0.114. The van der Waals surface area contributed by atoms with Crippen LogP contribution in [0.25, 0.3) is 0 Å². The lowest BCUT2D eigenvalue weighted by Crippen LogP contribution is -2.50. The smallest absolute Gasteiger partial charge is 0.189 e. The predicted octanol–water partition coefficient (Wildman–Crippen LogP) is 2.40. The van der Waals surface area contributed by atoms with Crippen LogP contribution in [0.5, 0.6) is 0 Å². The highest BCUT2D eigenvalue weighted by molar-refractivity contribution is 6.03. The Morgan fingerprint density at radius 3 is 2.21 bits per heavy atom. The summed E-state index contributed by atoms with van der Waals surface area (Å²) in [7, 11) is 1.82. The third-order valence-electron chi connectivity index (χ3n) is 5.70. The Labute approximate surface area is 113 Å². The third kappa shape index (κ3) is 1.52. The van der Waals surface area contributed by atoms with Crippen LogP contribution in [0.4, 0.5) is 5.69 Å². The molecule has 0 radical (unpaired) electrons. The quantitative estimate of drug-likeness (QED) is 0.830. The molecule has 0 spiro atoms. The Kier molecular flexibility index (Phi) is 2.19. The summed E-state index contributed by atoms with van der Waals surface area (Å²) in [5, 5.41) is 4.14. The molecular weight excluding hydrogens is 238 g/mol. The first kappa shape index (κ1) is 11.5. The van der Waals surface area contributed by atoms with Crippen molar-refractivity contribution in [2.75, 3.05) is 5.73 Å². The normalized spacial score (nSPS) is 39.7. The SMILES string of the molecule is Cn1ncc(N)c1C(=O)C12CC3CC(CC(C3)C1)C2. The Morgan fingerprint density at radius 2 is 1.79 bits per heavy atom. The van der Waals surface area contributed by atoms with Crippen molar-refractivity contribution >= 4 is 11.5 Å². The van der Waals surface area contributed by atoms with Crippen molar-refractivity contribution in [1.29, 1.82) is 0 Å². The van der Waals surface area contributed by atoms with Crippen molar-refractivity contribution in [1.82, 2.24) is 9.78 Å². The van der Waals surface area contributed by atoms with Gasteiger partial charge in [0, 0.05) is 12.5 Å². The molecular formula is C15H21N3O. The third-order valence-corrected chi connectivity index (χ3v) is 5.70. The Morgan fingerprint density at radius 1 is 1.26 bits per heavy atom. The summed E-state index contributed by atoms with van der Waals surface area (Å²) in [6, 6.07) is 0. The van der Waals surface area contributed by atoms with E-state index < -0.39 is 0 Å². The lowest BCUT2D eigenvalue weighted by Gasteiger charge is -2.55. The summed E-state index contributed by atoms with van der Waals surface area (Å²) < 4.78 is 1.66. The molecule has 1 aromatic rings. The van der Waals surface area contributed by atoms with Crippen LogP contribution >= 0.6 is 0 Å². The van der Waals surface area contributed by atoms with Crippen molar-refractivity contribution in [3.63, 3.8) is 0 Å². The molecule has 0 aliphatic heterocycles. The van der Waals surface area contributed by atoms with E-state index >= 15 is 0 Å². The maximum atomic E-state index is 13.1. The van der Waals surface area contributed by atoms with E-state index in [-0.39, 0.29) is 11.2 Å². The second-order valence-corrected chi connectivity index (χ2v) is 7.10. The van der Waals surface area contributed by atoms with Gasteiger partial charge in [-0.15, -0.1) is 0 Å². The molecule has 4 nitrogen and oxygen atoms in total. The highest BCUT2D eigenvalue weighted by atomic mass is 16.1. The first-order valence-electron chi connectivity index (χ1n) is 7.40. The molecule has 0 unspecified atom stereocenters. The van der Waals surface area contributed by atoms with Crippen molar-refractivity contribution in [3.8, 4) is 0 Å². The number of carbonyl (C=O) groups excluding carboxylic acids is 1. The van der Waals surface area contributed by atoms with E-state index in [1.165, 1.54) is 19.3 Å². The van der Waals surface area contributed by atoms with Gasteiger partial charge in [-0.1, -0.05) is 0 Å². The minimum Gasteiger partial charge on any atom is -0.396 e. The van der Waals surface area contributed by atoms with Gasteiger partial charge in [0.1, 0.15) is 5.69 Å². The Balaban J connectivity index is 1.74. The summed E-state index contributed by atoms with van der Waals surface area (Å²) in [5.74, 6) is 2.61. The first-order valence-corrected chi connectivity index (χ1v) is 7.40. The number of anilines is 1. The van der Waals surface area contributed by atoms with Crippen molar-refractivity contribution in [3.05, 3.63) is 11.9 Å².